The van der Waals surface area contributed by atoms with Gasteiger partial charge in [0, 0.05) is 45.8 Å². The summed E-state index contributed by atoms with van der Waals surface area (Å²) in [4.78, 5) is 22.8. The van der Waals surface area contributed by atoms with Crippen LogP contribution in [0, 0.1) is 10.1 Å². The summed E-state index contributed by atoms with van der Waals surface area (Å²) in [7, 11) is 0. The van der Waals surface area contributed by atoms with Crippen molar-refractivity contribution in [1.82, 2.24) is 19.8 Å². The Bertz CT molecular complexity index is 733. The summed E-state index contributed by atoms with van der Waals surface area (Å²) in [6.45, 7) is 6.61. The molecule has 2 aromatic rings. The molecule has 3 rings (SSSR count). The van der Waals surface area contributed by atoms with E-state index in [4.69, 9.17) is 5.73 Å². The number of nitrogens with two attached hydrogens (primary N) is 1. The lowest BCUT2D eigenvalue weighted by Gasteiger charge is -2.34. The molecule has 1 aliphatic heterocycles. The normalized spacial score (nSPS) is 15.7. The third-order valence-corrected chi connectivity index (χ3v) is 4.42. The smallest absolute Gasteiger partial charge is 0.329 e. The summed E-state index contributed by atoms with van der Waals surface area (Å²) >= 11 is 0. The van der Waals surface area contributed by atoms with Crippen molar-refractivity contribution in [3.63, 3.8) is 0 Å². The largest absolute Gasteiger partial charge is 0.378 e. The molecule has 9 heteroatoms. The van der Waals surface area contributed by atoms with Gasteiger partial charge in [-0.15, -0.1) is 0 Å². The topological polar surface area (TPSA) is 113 Å². The molecule has 1 aromatic carbocycles. The Hall–Kier alpha value is -2.78. The first-order valence-electron chi connectivity index (χ1n) is 8.61. The zero-order valence-corrected chi connectivity index (χ0v) is 14.5. The monoisotopic (exact) mass is 357 g/mol. The maximum atomic E-state index is 10.7. The van der Waals surface area contributed by atoms with Gasteiger partial charge in [0.05, 0.1) is 4.92 Å². The van der Waals surface area contributed by atoms with Crippen LogP contribution in [-0.4, -0.2) is 64.0 Å². The number of hydrogen-bond donors (Lipinski definition) is 2. The average Bonchev–Trinajstić information content (AvgIpc) is 2.64. The van der Waals surface area contributed by atoms with Gasteiger partial charge in [-0.1, -0.05) is 30.3 Å². The van der Waals surface area contributed by atoms with Crippen LogP contribution in [0.25, 0.3) is 0 Å². The minimum atomic E-state index is -0.589. The third-order valence-electron chi connectivity index (χ3n) is 4.42. The molecule has 26 heavy (non-hydrogen) atoms. The molecule has 0 saturated carbocycles. The molecule has 1 aliphatic rings. The number of nitrogens with one attached hydrogen (secondary N) is 1. The van der Waals surface area contributed by atoms with E-state index in [0.29, 0.717) is 12.5 Å². The van der Waals surface area contributed by atoms with Crippen LogP contribution in [0.5, 0.6) is 0 Å². The van der Waals surface area contributed by atoms with E-state index in [0.717, 1.165) is 45.5 Å². The van der Waals surface area contributed by atoms with E-state index in [9.17, 15) is 10.1 Å². The molecule has 0 aliphatic carbocycles. The van der Waals surface area contributed by atoms with Gasteiger partial charge in [0.25, 0.3) is 0 Å². The van der Waals surface area contributed by atoms with Gasteiger partial charge in [0.1, 0.15) is 6.20 Å². The van der Waals surface area contributed by atoms with Crippen molar-refractivity contribution in [3.05, 3.63) is 52.2 Å². The lowest BCUT2D eigenvalue weighted by atomic mass is 10.2. The number of nitro groups is 1. The summed E-state index contributed by atoms with van der Waals surface area (Å²) < 4.78 is 0. The molecule has 9 nitrogen and oxygen atoms in total. The number of anilines is 2. The van der Waals surface area contributed by atoms with Gasteiger partial charge < -0.3 is 11.1 Å². The molecule has 0 amide bonds. The molecule has 2 heterocycles. The first kappa shape index (κ1) is 18.0. The lowest BCUT2D eigenvalue weighted by Crippen LogP contribution is -2.47. The van der Waals surface area contributed by atoms with Gasteiger partial charge in [-0.25, -0.2) is 4.98 Å². The second-order valence-corrected chi connectivity index (χ2v) is 6.25. The highest BCUT2D eigenvalue weighted by molar-refractivity contribution is 5.53. The predicted octanol–water partition coefficient (Wildman–Crippen LogP) is 1.20. The van der Waals surface area contributed by atoms with Crippen molar-refractivity contribution < 1.29 is 4.92 Å². The van der Waals surface area contributed by atoms with Crippen molar-refractivity contribution in [2.45, 2.75) is 6.54 Å². The highest BCUT2D eigenvalue weighted by Crippen LogP contribution is 2.18. The minimum Gasteiger partial charge on any atom is -0.378 e. The molecule has 0 unspecified atom stereocenters. The standard InChI is InChI=1S/C17H23N7O2/c18-16-15(24(25)26)12-20-17(21-16)19-6-7-22-8-10-23(11-9-22)13-14-4-2-1-3-5-14/h1-5,12H,6-11,13H2,(H3,18,19,20,21). The Balaban J connectivity index is 1.39. The molecule has 0 bridgehead atoms. The van der Waals surface area contributed by atoms with Gasteiger partial charge in [0.2, 0.25) is 11.8 Å². The number of nitrogens with zero attached hydrogens (tertiary/aromatic N) is 5. The number of hydrogen-bond acceptors (Lipinski definition) is 8. The van der Waals surface area contributed by atoms with Gasteiger partial charge >= 0.3 is 5.69 Å². The Morgan fingerprint density at radius 2 is 1.85 bits per heavy atom. The van der Waals surface area contributed by atoms with Gasteiger partial charge in [-0.05, 0) is 5.56 Å². The summed E-state index contributed by atoms with van der Waals surface area (Å²) in [5.41, 5.74) is 6.64. The van der Waals surface area contributed by atoms with Gasteiger partial charge in [-0.2, -0.15) is 4.98 Å². The maximum absolute atomic E-state index is 10.7. The molecule has 1 fully saturated rings. The van der Waals surface area contributed by atoms with E-state index in [1.165, 1.54) is 5.56 Å². The van der Waals surface area contributed by atoms with Crippen LogP contribution < -0.4 is 11.1 Å². The van der Waals surface area contributed by atoms with Crippen LogP contribution in [0.4, 0.5) is 17.5 Å². The number of nitrogen functional groups attached to an aromatic ring is 1. The average molecular weight is 357 g/mol. The van der Waals surface area contributed by atoms with Crippen molar-refractivity contribution in [1.29, 1.82) is 0 Å². The van der Waals surface area contributed by atoms with E-state index >= 15 is 0 Å². The van der Waals surface area contributed by atoms with Crippen molar-refractivity contribution in [3.8, 4) is 0 Å². The Kier molecular flexibility index (Phi) is 5.92. The third kappa shape index (κ3) is 4.87. The summed E-state index contributed by atoms with van der Waals surface area (Å²) in [6, 6.07) is 10.5. The second-order valence-electron chi connectivity index (χ2n) is 6.25. The zero-order valence-electron chi connectivity index (χ0n) is 14.5. The number of rotatable bonds is 7. The second kappa shape index (κ2) is 8.54. The molecule has 138 valence electrons. The Labute approximate surface area is 152 Å². The molecular weight excluding hydrogens is 334 g/mol. The highest BCUT2D eigenvalue weighted by atomic mass is 16.6. The van der Waals surface area contributed by atoms with E-state index in [2.05, 4.69) is 49.4 Å². The molecular formula is C17H23N7O2. The fraction of sp³-hybridized carbons (Fsp3) is 0.412. The molecule has 1 aromatic heterocycles. The van der Waals surface area contributed by atoms with E-state index in [1.807, 2.05) is 6.07 Å². The number of aromatic nitrogens is 2. The van der Waals surface area contributed by atoms with Gasteiger partial charge in [0.15, 0.2) is 0 Å². The number of benzene rings is 1. The van der Waals surface area contributed by atoms with Crippen molar-refractivity contribution in [2.24, 2.45) is 0 Å². The predicted molar refractivity (Wildman–Crippen MR) is 99.7 cm³/mol. The quantitative estimate of drug-likeness (QED) is 0.561. The molecule has 3 N–H and O–H groups in total. The molecule has 0 atom stereocenters. The van der Waals surface area contributed by atoms with Crippen LogP contribution in [-0.2, 0) is 6.54 Å². The molecule has 0 spiro atoms. The van der Waals surface area contributed by atoms with Crippen LogP contribution in [0.1, 0.15) is 5.56 Å². The molecule has 0 radical (unpaired) electrons. The van der Waals surface area contributed by atoms with Crippen LogP contribution in [0.3, 0.4) is 0 Å². The maximum Gasteiger partial charge on any atom is 0.329 e. The zero-order chi connectivity index (χ0) is 18.4. The summed E-state index contributed by atoms with van der Waals surface area (Å²) in [5, 5.41) is 13.8. The van der Waals surface area contributed by atoms with E-state index in [-0.39, 0.29) is 11.5 Å². The summed E-state index contributed by atoms with van der Waals surface area (Å²) in [6.07, 6.45) is 1.13. The molecule has 1 saturated heterocycles. The van der Waals surface area contributed by atoms with Crippen LogP contribution >= 0.6 is 0 Å². The van der Waals surface area contributed by atoms with Crippen LogP contribution in [0.2, 0.25) is 0 Å². The highest BCUT2D eigenvalue weighted by Gasteiger charge is 2.17. The lowest BCUT2D eigenvalue weighted by molar-refractivity contribution is -0.384. The van der Waals surface area contributed by atoms with E-state index < -0.39 is 4.92 Å². The van der Waals surface area contributed by atoms with Crippen LogP contribution in [0.15, 0.2) is 36.5 Å². The number of piperazine rings is 1. The first-order valence-corrected chi connectivity index (χ1v) is 8.61. The Morgan fingerprint density at radius 1 is 1.15 bits per heavy atom. The fourth-order valence-corrected chi connectivity index (χ4v) is 2.95. The SMILES string of the molecule is Nc1nc(NCCN2CCN(Cc3ccccc3)CC2)ncc1[N+](=O)[O-]. The first-order chi connectivity index (χ1) is 12.6. The van der Waals surface area contributed by atoms with E-state index in [1.54, 1.807) is 0 Å². The Morgan fingerprint density at radius 3 is 2.50 bits per heavy atom. The fourth-order valence-electron chi connectivity index (χ4n) is 2.95. The van der Waals surface area contributed by atoms with Crippen molar-refractivity contribution >= 4 is 17.5 Å². The minimum absolute atomic E-state index is 0.123. The summed E-state index contributed by atoms with van der Waals surface area (Å²) in [5.74, 6) is 0.192. The van der Waals surface area contributed by atoms with Crippen molar-refractivity contribution in [2.75, 3.05) is 50.3 Å². The van der Waals surface area contributed by atoms with Gasteiger partial charge in [-0.3, -0.25) is 19.9 Å².